The number of nitrogens with one attached hydrogen (secondary N) is 1. The van der Waals surface area contributed by atoms with Crippen molar-refractivity contribution in [3.8, 4) is 0 Å². The molecule has 2 aromatic rings. The lowest BCUT2D eigenvalue weighted by atomic mass is 9.75. The highest BCUT2D eigenvalue weighted by Crippen LogP contribution is 2.60. The van der Waals surface area contributed by atoms with Crippen LogP contribution in [0.5, 0.6) is 0 Å². The molecule has 158 valence electrons. The second-order valence-corrected chi connectivity index (χ2v) is 9.21. The summed E-state index contributed by atoms with van der Waals surface area (Å²) in [5, 5.41) is 3.04. The third kappa shape index (κ3) is 2.18. The lowest BCUT2D eigenvalue weighted by Gasteiger charge is -2.36. The Kier molecular flexibility index (Phi) is 3.79. The first-order valence-electron chi connectivity index (χ1n) is 11.1. The lowest BCUT2D eigenvalue weighted by Crippen LogP contribution is -2.54. The first-order valence-corrected chi connectivity index (χ1v) is 11.1. The summed E-state index contributed by atoms with van der Waals surface area (Å²) in [5.74, 6) is -1.76. The van der Waals surface area contributed by atoms with Gasteiger partial charge in [0.15, 0.2) is 0 Å². The van der Waals surface area contributed by atoms with Crippen LogP contribution in [0.1, 0.15) is 36.5 Å². The van der Waals surface area contributed by atoms with Gasteiger partial charge in [0.05, 0.1) is 17.5 Å². The van der Waals surface area contributed by atoms with Gasteiger partial charge < -0.3 is 5.32 Å². The lowest BCUT2D eigenvalue weighted by molar-refractivity contribution is -0.135. The van der Waals surface area contributed by atoms with E-state index in [1.54, 1.807) is 0 Å². The smallest absolute Gasteiger partial charge is 0.250 e. The summed E-state index contributed by atoms with van der Waals surface area (Å²) in [6.45, 7) is 4.78. The van der Waals surface area contributed by atoms with E-state index in [0.717, 1.165) is 48.2 Å². The number of aryl methyl sites for hydroxylation is 2. The van der Waals surface area contributed by atoms with Crippen LogP contribution in [0.4, 0.5) is 11.4 Å². The number of rotatable bonds is 2. The molecule has 3 amide bonds. The molecule has 3 saturated heterocycles. The monoisotopic (exact) mass is 415 g/mol. The molecule has 1 spiro atoms. The number of anilines is 2. The molecule has 4 atom stereocenters. The van der Waals surface area contributed by atoms with Crippen molar-refractivity contribution in [2.75, 3.05) is 16.8 Å². The van der Waals surface area contributed by atoms with Crippen LogP contribution in [0, 0.1) is 18.8 Å². The van der Waals surface area contributed by atoms with E-state index in [-0.39, 0.29) is 23.8 Å². The van der Waals surface area contributed by atoms with E-state index >= 15 is 0 Å². The van der Waals surface area contributed by atoms with Gasteiger partial charge in [0.1, 0.15) is 5.54 Å². The Morgan fingerprint density at radius 2 is 1.84 bits per heavy atom. The predicted molar refractivity (Wildman–Crippen MR) is 117 cm³/mol. The average Bonchev–Trinajstić information content (AvgIpc) is 3.47. The highest BCUT2D eigenvalue weighted by molar-refractivity contribution is 6.25. The minimum atomic E-state index is -1.10. The van der Waals surface area contributed by atoms with Crippen molar-refractivity contribution in [1.29, 1.82) is 0 Å². The van der Waals surface area contributed by atoms with E-state index < -0.39 is 17.4 Å². The summed E-state index contributed by atoms with van der Waals surface area (Å²) in [6, 6.07) is 13.4. The van der Waals surface area contributed by atoms with Crippen molar-refractivity contribution in [1.82, 2.24) is 4.90 Å². The number of carbonyl (C=O) groups is 3. The van der Waals surface area contributed by atoms with Gasteiger partial charge in [0, 0.05) is 17.3 Å². The van der Waals surface area contributed by atoms with Crippen molar-refractivity contribution < 1.29 is 14.4 Å². The Morgan fingerprint density at radius 3 is 2.58 bits per heavy atom. The van der Waals surface area contributed by atoms with Crippen LogP contribution in [-0.4, -0.2) is 35.2 Å². The van der Waals surface area contributed by atoms with Crippen LogP contribution in [0.15, 0.2) is 42.5 Å². The Hall–Kier alpha value is -2.99. The highest BCUT2D eigenvalue weighted by atomic mass is 16.2. The number of benzene rings is 2. The van der Waals surface area contributed by atoms with Crippen molar-refractivity contribution in [3.05, 3.63) is 59.2 Å². The van der Waals surface area contributed by atoms with E-state index in [1.807, 2.05) is 43.3 Å². The van der Waals surface area contributed by atoms with Crippen molar-refractivity contribution >= 4 is 29.1 Å². The predicted octanol–water partition coefficient (Wildman–Crippen LogP) is 2.99. The number of hydrogen-bond acceptors (Lipinski definition) is 4. The van der Waals surface area contributed by atoms with Gasteiger partial charge in [-0.25, -0.2) is 4.90 Å². The van der Waals surface area contributed by atoms with Crippen molar-refractivity contribution in [2.24, 2.45) is 11.8 Å². The third-order valence-electron chi connectivity index (χ3n) is 7.76. The number of fused-ring (bicyclic) bond motifs is 7. The van der Waals surface area contributed by atoms with Gasteiger partial charge in [-0.3, -0.25) is 19.3 Å². The SMILES string of the molecule is CCc1ccc2c(c1)[C@]1(C(=O)N2)[C@@H]2C(=O)N(c3ccc(C)cc3)C(=O)[C@@H]2[C@H]2CCCN21. The van der Waals surface area contributed by atoms with E-state index in [1.165, 1.54) is 4.90 Å². The maximum Gasteiger partial charge on any atom is 0.250 e. The Morgan fingerprint density at radius 1 is 1.06 bits per heavy atom. The molecule has 4 heterocycles. The van der Waals surface area contributed by atoms with Crippen molar-refractivity contribution in [3.63, 3.8) is 0 Å². The zero-order valence-electron chi connectivity index (χ0n) is 17.7. The van der Waals surface area contributed by atoms with Gasteiger partial charge >= 0.3 is 0 Å². The van der Waals surface area contributed by atoms with Crippen LogP contribution in [0.2, 0.25) is 0 Å². The third-order valence-corrected chi connectivity index (χ3v) is 7.76. The van der Waals surface area contributed by atoms with Gasteiger partial charge in [-0.2, -0.15) is 0 Å². The topological polar surface area (TPSA) is 69.7 Å². The molecule has 0 saturated carbocycles. The molecule has 4 aliphatic heterocycles. The summed E-state index contributed by atoms with van der Waals surface area (Å²) >= 11 is 0. The number of amides is 3. The number of nitrogens with zero attached hydrogens (tertiary/aromatic N) is 2. The number of hydrogen-bond donors (Lipinski definition) is 1. The molecule has 6 nitrogen and oxygen atoms in total. The molecule has 0 unspecified atom stereocenters. The summed E-state index contributed by atoms with van der Waals surface area (Å²) in [6.07, 6.45) is 2.61. The van der Waals surface area contributed by atoms with E-state index in [0.29, 0.717) is 5.69 Å². The van der Waals surface area contributed by atoms with Crippen molar-refractivity contribution in [2.45, 2.75) is 44.7 Å². The van der Waals surface area contributed by atoms with Crippen LogP contribution < -0.4 is 10.2 Å². The van der Waals surface area contributed by atoms with E-state index in [4.69, 9.17) is 0 Å². The van der Waals surface area contributed by atoms with Crippen LogP contribution in [0.25, 0.3) is 0 Å². The molecule has 31 heavy (non-hydrogen) atoms. The van der Waals surface area contributed by atoms with Gasteiger partial charge in [-0.1, -0.05) is 36.8 Å². The Balaban J connectivity index is 1.55. The average molecular weight is 415 g/mol. The summed E-state index contributed by atoms with van der Waals surface area (Å²) in [4.78, 5) is 44.7. The summed E-state index contributed by atoms with van der Waals surface area (Å²) in [7, 11) is 0. The minimum absolute atomic E-state index is 0.0844. The van der Waals surface area contributed by atoms with E-state index in [9.17, 15) is 14.4 Å². The van der Waals surface area contributed by atoms with Gasteiger partial charge in [-0.15, -0.1) is 0 Å². The molecular weight excluding hydrogens is 390 g/mol. The number of imide groups is 1. The van der Waals surface area contributed by atoms with Crippen LogP contribution in [0.3, 0.4) is 0 Å². The fourth-order valence-electron chi connectivity index (χ4n) is 6.42. The molecule has 1 N–H and O–H groups in total. The molecule has 0 bridgehead atoms. The molecule has 0 aromatic heterocycles. The van der Waals surface area contributed by atoms with Crippen LogP contribution >= 0.6 is 0 Å². The zero-order chi connectivity index (χ0) is 21.5. The molecule has 0 radical (unpaired) electrons. The highest BCUT2D eigenvalue weighted by Gasteiger charge is 2.74. The second kappa shape index (κ2) is 6.26. The molecule has 4 aliphatic rings. The molecule has 2 aromatic carbocycles. The molecule has 0 aliphatic carbocycles. The van der Waals surface area contributed by atoms with Crippen LogP contribution in [-0.2, 0) is 26.3 Å². The minimum Gasteiger partial charge on any atom is -0.324 e. The first kappa shape index (κ1) is 18.8. The maximum atomic E-state index is 13.9. The van der Waals surface area contributed by atoms with Gasteiger partial charge in [0.25, 0.3) is 0 Å². The zero-order valence-corrected chi connectivity index (χ0v) is 17.7. The largest absolute Gasteiger partial charge is 0.324 e. The molecule has 6 heteroatoms. The summed E-state index contributed by atoms with van der Waals surface area (Å²) < 4.78 is 0. The molecular formula is C25H25N3O3. The Labute approximate surface area is 181 Å². The fourth-order valence-corrected chi connectivity index (χ4v) is 6.42. The first-order chi connectivity index (χ1) is 15.0. The summed E-state index contributed by atoms with van der Waals surface area (Å²) in [5.41, 5.74) is 3.32. The number of carbonyl (C=O) groups excluding carboxylic acids is 3. The van der Waals surface area contributed by atoms with Gasteiger partial charge in [-0.05, 0) is 56.5 Å². The molecule has 6 rings (SSSR count). The van der Waals surface area contributed by atoms with E-state index in [2.05, 4.69) is 23.2 Å². The second-order valence-electron chi connectivity index (χ2n) is 9.21. The quantitative estimate of drug-likeness (QED) is 0.766. The maximum absolute atomic E-state index is 13.9. The fraction of sp³-hybridized carbons (Fsp3) is 0.400. The van der Waals surface area contributed by atoms with Gasteiger partial charge in [0.2, 0.25) is 17.7 Å². The molecule has 3 fully saturated rings. The standard InChI is InChI=1S/C25H25N3O3/c1-3-15-8-11-18-17(13-15)25(24(31)26-18)21-20(19-5-4-12-27(19)25)22(29)28(23(21)30)16-9-6-14(2)7-10-16/h6-11,13,19-21H,3-5,12H2,1-2H3,(H,26,31)/t19-,20-,21+,25-/m1/s1. The normalized spacial score (nSPS) is 31.4. The Bertz CT molecular complexity index is 1140.